The van der Waals surface area contributed by atoms with Crippen molar-refractivity contribution in [2.45, 2.75) is 33.6 Å². The van der Waals surface area contributed by atoms with Gasteiger partial charge in [0.05, 0.1) is 13.2 Å². The van der Waals surface area contributed by atoms with E-state index in [4.69, 9.17) is 9.47 Å². The van der Waals surface area contributed by atoms with E-state index in [-0.39, 0.29) is 13.2 Å². The monoisotopic (exact) mass is 228 g/mol. The molecule has 0 atom stereocenters. The summed E-state index contributed by atoms with van der Waals surface area (Å²) in [5.74, 6) is -1.86. The Bertz CT molecular complexity index is 227. The van der Waals surface area contributed by atoms with Gasteiger partial charge in [0, 0.05) is 0 Å². The molecule has 0 aromatic rings. The second kappa shape index (κ2) is 8.95. The number of carbonyl (C=O) groups excluding carboxylic acids is 2. The normalized spacial score (nSPS) is 10.8. The zero-order valence-electron chi connectivity index (χ0n) is 10.2. The van der Waals surface area contributed by atoms with Crippen molar-refractivity contribution in [1.82, 2.24) is 0 Å². The van der Waals surface area contributed by atoms with E-state index in [2.05, 4.69) is 0 Å². The number of hydrogen-bond donors (Lipinski definition) is 0. The molecule has 0 rings (SSSR count). The van der Waals surface area contributed by atoms with Crippen LogP contribution in [0.3, 0.4) is 0 Å². The Labute approximate surface area is 96.6 Å². The molecule has 0 saturated carbocycles. The predicted octanol–water partition coefficient (Wildman–Crippen LogP) is 2.09. The molecule has 4 heteroatoms. The molecular formula is C12H20O4. The van der Waals surface area contributed by atoms with Gasteiger partial charge < -0.3 is 9.47 Å². The minimum atomic E-state index is -0.831. The standard InChI is InChI=1S/C12H20O4/c1-4-7-8-9-10(11(13)15-5-2)12(14)16-6-3/h7-8,10H,4-6,9H2,1-3H3. The van der Waals surface area contributed by atoms with Crippen molar-refractivity contribution >= 4 is 11.9 Å². The van der Waals surface area contributed by atoms with Gasteiger partial charge in [0.15, 0.2) is 5.92 Å². The summed E-state index contributed by atoms with van der Waals surface area (Å²) in [5, 5.41) is 0. The van der Waals surface area contributed by atoms with Gasteiger partial charge in [-0.1, -0.05) is 19.1 Å². The first-order valence-electron chi connectivity index (χ1n) is 5.65. The average molecular weight is 228 g/mol. The van der Waals surface area contributed by atoms with Crippen molar-refractivity contribution in [3.05, 3.63) is 12.2 Å². The van der Waals surface area contributed by atoms with Gasteiger partial charge in [0.25, 0.3) is 0 Å². The number of hydrogen-bond acceptors (Lipinski definition) is 4. The maximum absolute atomic E-state index is 11.5. The molecule has 92 valence electrons. The van der Waals surface area contributed by atoms with Crippen LogP contribution in [0.25, 0.3) is 0 Å². The number of ether oxygens (including phenoxy) is 2. The van der Waals surface area contributed by atoms with Crippen molar-refractivity contribution in [3.8, 4) is 0 Å². The molecule has 0 aliphatic rings. The fourth-order valence-corrected chi connectivity index (χ4v) is 1.17. The summed E-state index contributed by atoms with van der Waals surface area (Å²) in [6.07, 6.45) is 4.92. The van der Waals surface area contributed by atoms with Crippen LogP contribution in [0.2, 0.25) is 0 Å². The Morgan fingerprint density at radius 2 is 1.50 bits per heavy atom. The Balaban J connectivity index is 4.42. The highest BCUT2D eigenvalue weighted by molar-refractivity contribution is 5.95. The predicted molar refractivity (Wildman–Crippen MR) is 60.8 cm³/mol. The number of carbonyl (C=O) groups is 2. The van der Waals surface area contributed by atoms with Gasteiger partial charge in [-0.25, -0.2) is 0 Å². The Morgan fingerprint density at radius 3 is 1.88 bits per heavy atom. The van der Waals surface area contributed by atoms with E-state index in [1.807, 2.05) is 13.0 Å². The van der Waals surface area contributed by atoms with Crippen LogP contribution in [0.5, 0.6) is 0 Å². The lowest BCUT2D eigenvalue weighted by molar-refractivity contribution is -0.161. The molecule has 16 heavy (non-hydrogen) atoms. The van der Waals surface area contributed by atoms with E-state index in [9.17, 15) is 9.59 Å². The molecule has 0 aliphatic carbocycles. The van der Waals surface area contributed by atoms with Crippen LogP contribution >= 0.6 is 0 Å². The number of allylic oxidation sites excluding steroid dienone is 2. The molecular weight excluding hydrogens is 208 g/mol. The Hall–Kier alpha value is -1.32. The Morgan fingerprint density at radius 1 is 1.00 bits per heavy atom. The molecule has 0 aromatic heterocycles. The summed E-state index contributed by atoms with van der Waals surface area (Å²) in [4.78, 5) is 23.0. The highest BCUT2D eigenvalue weighted by Crippen LogP contribution is 2.10. The van der Waals surface area contributed by atoms with E-state index in [1.54, 1.807) is 19.9 Å². The molecule has 0 aromatic carbocycles. The smallest absolute Gasteiger partial charge is 0.320 e. The molecule has 0 bridgehead atoms. The van der Waals surface area contributed by atoms with Gasteiger partial charge in [0.2, 0.25) is 0 Å². The third-order valence-corrected chi connectivity index (χ3v) is 1.92. The van der Waals surface area contributed by atoms with Crippen molar-refractivity contribution in [2.24, 2.45) is 5.92 Å². The summed E-state index contributed by atoms with van der Waals surface area (Å²) in [6, 6.07) is 0. The van der Waals surface area contributed by atoms with Crippen LogP contribution in [0.1, 0.15) is 33.6 Å². The lowest BCUT2D eigenvalue weighted by Gasteiger charge is -2.12. The zero-order chi connectivity index (χ0) is 12.4. The van der Waals surface area contributed by atoms with Crippen molar-refractivity contribution < 1.29 is 19.1 Å². The molecule has 0 heterocycles. The van der Waals surface area contributed by atoms with E-state index >= 15 is 0 Å². The highest BCUT2D eigenvalue weighted by atomic mass is 16.6. The molecule has 4 nitrogen and oxygen atoms in total. The van der Waals surface area contributed by atoms with Gasteiger partial charge in [-0.15, -0.1) is 0 Å². The first-order valence-corrected chi connectivity index (χ1v) is 5.65. The largest absolute Gasteiger partial charge is 0.465 e. The minimum absolute atomic E-state index is 0.270. The summed E-state index contributed by atoms with van der Waals surface area (Å²) in [5.41, 5.74) is 0. The highest BCUT2D eigenvalue weighted by Gasteiger charge is 2.27. The molecule has 0 radical (unpaired) electrons. The van der Waals surface area contributed by atoms with Crippen LogP contribution in [0.15, 0.2) is 12.2 Å². The third-order valence-electron chi connectivity index (χ3n) is 1.92. The minimum Gasteiger partial charge on any atom is -0.465 e. The number of esters is 2. The second-order valence-electron chi connectivity index (χ2n) is 3.17. The van der Waals surface area contributed by atoms with Crippen molar-refractivity contribution in [1.29, 1.82) is 0 Å². The van der Waals surface area contributed by atoms with E-state index < -0.39 is 17.9 Å². The lowest BCUT2D eigenvalue weighted by Crippen LogP contribution is -2.27. The maximum Gasteiger partial charge on any atom is 0.320 e. The van der Waals surface area contributed by atoms with Crippen LogP contribution in [-0.2, 0) is 19.1 Å². The fourth-order valence-electron chi connectivity index (χ4n) is 1.17. The first-order chi connectivity index (χ1) is 7.67. The van der Waals surface area contributed by atoms with Crippen LogP contribution in [0.4, 0.5) is 0 Å². The molecule has 0 N–H and O–H groups in total. The zero-order valence-corrected chi connectivity index (χ0v) is 10.2. The van der Waals surface area contributed by atoms with Crippen LogP contribution < -0.4 is 0 Å². The van der Waals surface area contributed by atoms with Gasteiger partial charge >= 0.3 is 11.9 Å². The number of rotatable bonds is 7. The second-order valence-corrected chi connectivity index (χ2v) is 3.17. The topological polar surface area (TPSA) is 52.6 Å². The molecule has 0 spiro atoms. The first kappa shape index (κ1) is 14.7. The van der Waals surface area contributed by atoms with Gasteiger partial charge in [-0.3, -0.25) is 9.59 Å². The Kier molecular flexibility index (Phi) is 8.21. The fraction of sp³-hybridized carbons (Fsp3) is 0.667. The van der Waals surface area contributed by atoms with Crippen LogP contribution in [0, 0.1) is 5.92 Å². The van der Waals surface area contributed by atoms with E-state index in [0.717, 1.165) is 6.42 Å². The molecule has 0 unspecified atom stereocenters. The summed E-state index contributed by atoms with van der Waals surface area (Å²) < 4.78 is 9.66. The summed E-state index contributed by atoms with van der Waals surface area (Å²) in [6.45, 7) is 5.95. The molecule has 0 aliphatic heterocycles. The van der Waals surface area contributed by atoms with Crippen LogP contribution in [-0.4, -0.2) is 25.2 Å². The van der Waals surface area contributed by atoms with E-state index in [0.29, 0.717) is 6.42 Å². The SMILES string of the molecule is CCC=CCC(C(=O)OCC)C(=O)OCC. The maximum atomic E-state index is 11.5. The third kappa shape index (κ3) is 5.53. The molecule has 0 fully saturated rings. The summed E-state index contributed by atoms with van der Waals surface area (Å²) >= 11 is 0. The van der Waals surface area contributed by atoms with Gasteiger partial charge in [-0.2, -0.15) is 0 Å². The van der Waals surface area contributed by atoms with Crippen molar-refractivity contribution in [3.63, 3.8) is 0 Å². The average Bonchev–Trinajstić information content (AvgIpc) is 2.25. The quantitative estimate of drug-likeness (QED) is 0.380. The molecule has 0 amide bonds. The summed E-state index contributed by atoms with van der Waals surface area (Å²) in [7, 11) is 0. The van der Waals surface area contributed by atoms with Gasteiger partial charge in [-0.05, 0) is 26.7 Å². The van der Waals surface area contributed by atoms with E-state index in [1.165, 1.54) is 0 Å². The molecule has 0 saturated heterocycles. The lowest BCUT2D eigenvalue weighted by atomic mass is 10.1. The van der Waals surface area contributed by atoms with Crippen molar-refractivity contribution in [2.75, 3.05) is 13.2 Å². The van der Waals surface area contributed by atoms with Gasteiger partial charge in [0.1, 0.15) is 0 Å².